The summed E-state index contributed by atoms with van der Waals surface area (Å²) in [5, 5.41) is 9.77. The van der Waals surface area contributed by atoms with E-state index in [1.165, 1.54) is 5.57 Å². The van der Waals surface area contributed by atoms with Crippen LogP contribution >= 0.6 is 0 Å². The Hall–Kier alpha value is -1.09. The van der Waals surface area contributed by atoms with Gasteiger partial charge in [-0.05, 0) is 37.3 Å². The highest BCUT2D eigenvalue weighted by Crippen LogP contribution is 2.25. The van der Waals surface area contributed by atoms with Crippen molar-refractivity contribution < 1.29 is 5.11 Å². The molecule has 0 radical (unpaired) electrons. The summed E-state index contributed by atoms with van der Waals surface area (Å²) in [5.74, 6) is 1.04. The molecule has 0 amide bonds. The molecule has 1 atom stereocenters. The van der Waals surface area contributed by atoms with Gasteiger partial charge in [0.25, 0.3) is 0 Å². The third kappa shape index (κ3) is 2.53. The summed E-state index contributed by atoms with van der Waals surface area (Å²) < 4.78 is 2.18. The molecule has 0 aromatic carbocycles. The Morgan fingerprint density at radius 2 is 2.38 bits per heavy atom. The molecule has 0 fully saturated rings. The van der Waals surface area contributed by atoms with Crippen LogP contribution in [0.25, 0.3) is 5.57 Å². The second-order valence-corrected chi connectivity index (χ2v) is 4.45. The summed E-state index contributed by atoms with van der Waals surface area (Å²) >= 11 is 0. The molecular formula is C13H20N2O. The molecule has 1 N–H and O–H groups in total. The van der Waals surface area contributed by atoms with E-state index >= 15 is 0 Å². The zero-order valence-corrected chi connectivity index (χ0v) is 9.89. The molecule has 1 aliphatic rings. The number of aryl methyl sites for hydroxylation is 1. The summed E-state index contributed by atoms with van der Waals surface area (Å²) in [7, 11) is 0. The molecule has 88 valence electrons. The molecule has 3 nitrogen and oxygen atoms in total. The molecule has 0 saturated carbocycles. The van der Waals surface area contributed by atoms with Gasteiger partial charge in [-0.15, -0.1) is 0 Å². The maximum absolute atomic E-state index is 9.77. The lowest BCUT2D eigenvalue weighted by Gasteiger charge is -2.09. The summed E-state index contributed by atoms with van der Waals surface area (Å²) in [5.41, 5.74) is 1.21. The lowest BCUT2D eigenvalue weighted by Crippen LogP contribution is -2.04. The van der Waals surface area contributed by atoms with Crippen molar-refractivity contribution in [3.63, 3.8) is 0 Å². The van der Waals surface area contributed by atoms with Crippen LogP contribution in [0.2, 0.25) is 0 Å². The Labute approximate surface area is 96.8 Å². The van der Waals surface area contributed by atoms with E-state index in [1.54, 1.807) is 0 Å². The first kappa shape index (κ1) is 11.4. The average Bonchev–Trinajstić information content (AvgIpc) is 2.61. The Kier molecular flexibility index (Phi) is 3.78. The predicted molar refractivity (Wildman–Crippen MR) is 65.0 cm³/mol. The van der Waals surface area contributed by atoms with Crippen LogP contribution in [0, 0.1) is 0 Å². The zero-order chi connectivity index (χ0) is 11.4. The molecule has 16 heavy (non-hydrogen) atoms. The van der Waals surface area contributed by atoms with E-state index in [0.29, 0.717) is 0 Å². The van der Waals surface area contributed by atoms with Gasteiger partial charge in [0.05, 0.1) is 6.10 Å². The molecule has 1 aliphatic carbocycles. The summed E-state index contributed by atoms with van der Waals surface area (Å²) in [4.78, 5) is 4.42. The quantitative estimate of drug-likeness (QED) is 0.850. The number of imidazole rings is 1. The van der Waals surface area contributed by atoms with Crippen LogP contribution < -0.4 is 0 Å². The molecule has 1 heterocycles. The number of nitrogens with zero attached hydrogens (tertiary/aromatic N) is 2. The van der Waals surface area contributed by atoms with Crippen LogP contribution in [0.3, 0.4) is 0 Å². The van der Waals surface area contributed by atoms with E-state index in [2.05, 4.69) is 16.5 Å². The van der Waals surface area contributed by atoms with E-state index in [-0.39, 0.29) is 6.10 Å². The Morgan fingerprint density at radius 1 is 1.50 bits per heavy atom. The molecule has 3 heteroatoms. The second kappa shape index (κ2) is 5.30. The molecule has 0 saturated heterocycles. The maximum atomic E-state index is 9.77. The Morgan fingerprint density at radius 3 is 3.19 bits per heavy atom. The van der Waals surface area contributed by atoms with Crippen molar-refractivity contribution in [2.24, 2.45) is 0 Å². The topological polar surface area (TPSA) is 38.0 Å². The van der Waals surface area contributed by atoms with Crippen molar-refractivity contribution in [3.8, 4) is 0 Å². The number of rotatable bonds is 3. The maximum Gasteiger partial charge on any atom is 0.135 e. The molecule has 0 bridgehead atoms. The fourth-order valence-electron chi connectivity index (χ4n) is 2.27. The average molecular weight is 220 g/mol. The largest absolute Gasteiger partial charge is 0.389 e. The van der Waals surface area contributed by atoms with Crippen molar-refractivity contribution in [1.29, 1.82) is 0 Å². The van der Waals surface area contributed by atoms with Crippen LogP contribution in [0.4, 0.5) is 0 Å². The number of hydrogen-bond donors (Lipinski definition) is 1. The molecule has 1 aromatic rings. The molecular weight excluding hydrogens is 200 g/mol. The van der Waals surface area contributed by atoms with Gasteiger partial charge in [-0.3, -0.25) is 0 Å². The van der Waals surface area contributed by atoms with Gasteiger partial charge in [0.1, 0.15) is 5.82 Å². The van der Waals surface area contributed by atoms with Gasteiger partial charge in [-0.1, -0.05) is 13.3 Å². The van der Waals surface area contributed by atoms with Gasteiger partial charge in [0.15, 0.2) is 0 Å². The van der Waals surface area contributed by atoms with Gasteiger partial charge >= 0.3 is 0 Å². The minimum absolute atomic E-state index is 0.288. The molecule has 0 aliphatic heterocycles. The molecule has 0 spiro atoms. The highest BCUT2D eigenvalue weighted by molar-refractivity contribution is 5.61. The van der Waals surface area contributed by atoms with Gasteiger partial charge in [-0.2, -0.15) is 0 Å². The summed E-state index contributed by atoms with van der Waals surface area (Å²) in [6.07, 6.45) is 10.9. The fraction of sp³-hybridized carbons (Fsp3) is 0.615. The smallest absolute Gasteiger partial charge is 0.135 e. The van der Waals surface area contributed by atoms with Gasteiger partial charge < -0.3 is 9.67 Å². The number of hydrogen-bond acceptors (Lipinski definition) is 2. The molecule has 1 aromatic heterocycles. The first-order valence-electron chi connectivity index (χ1n) is 6.21. The highest BCUT2D eigenvalue weighted by atomic mass is 16.3. The third-order valence-electron chi connectivity index (χ3n) is 3.06. The van der Waals surface area contributed by atoms with E-state index < -0.39 is 0 Å². The minimum atomic E-state index is -0.288. The number of allylic oxidation sites excluding steroid dienone is 1. The van der Waals surface area contributed by atoms with Crippen LogP contribution in [0.1, 0.15) is 44.9 Å². The van der Waals surface area contributed by atoms with E-state index in [9.17, 15) is 5.11 Å². The molecule has 1 unspecified atom stereocenters. The zero-order valence-electron chi connectivity index (χ0n) is 9.89. The van der Waals surface area contributed by atoms with Crippen molar-refractivity contribution in [2.75, 3.05) is 0 Å². The van der Waals surface area contributed by atoms with Gasteiger partial charge in [0, 0.05) is 18.9 Å². The summed E-state index contributed by atoms with van der Waals surface area (Å²) in [6.45, 7) is 3.17. The fourth-order valence-corrected chi connectivity index (χ4v) is 2.27. The van der Waals surface area contributed by atoms with E-state index in [0.717, 1.165) is 44.5 Å². The van der Waals surface area contributed by atoms with Crippen LogP contribution in [0.15, 0.2) is 18.5 Å². The first-order valence-corrected chi connectivity index (χ1v) is 6.21. The van der Waals surface area contributed by atoms with Crippen LogP contribution in [-0.4, -0.2) is 20.8 Å². The van der Waals surface area contributed by atoms with Crippen LogP contribution in [-0.2, 0) is 6.54 Å². The summed E-state index contributed by atoms with van der Waals surface area (Å²) in [6, 6.07) is 0. The first-order chi connectivity index (χ1) is 7.81. The Balaban J connectivity index is 2.24. The van der Waals surface area contributed by atoms with Crippen molar-refractivity contribution in [1.82, 2.24) is 9.55 Å². The lowest BCUT2D eigenvalue weighted by molar-refractivity contribution is 0.211. The monoisotopic (exact) mass is 220 g/mol. The SMILES string of the molecule is CCCn1ccnc1C1=CC(O)CCCC1. The van der Waals surface area contributed by atoms with Crippen LogP contribution in [0.5, 0.6) is 0 Å². The predicted octanol–water partition coefficient (Wildman–Crippen LogP) is 2.61. The van der Waals surface area contributed by atoms with Crippen molar-refractivity contribution in [2.45, 2.75) is 51.7 Å². The third-order valence-corrected chi connectivity index (χ3v) is 3.06. The van der Waals surface area contributed by atoms with Crippen molar-refractivity contribution >= 4 is 5.57 Å². The Bertz CT molecular complexity index is 368. The standard InChI is InChI=1S/C13H20N2O/c1-2-8-15-9-7-14-13(15)11-5-3-4-6-12(16)10-11/h7,9-10,12,16H,2-6,8H2,1H3. The molecule has 2 rings (SSSR count). The highest BCUT2D eigenvalue weighted by Gasteiger charge is 2.14. The van der Waals surface area contributed by atoms with Gasteiger partial charge in [0.2, 0.25) is 0 Å². The van der Waals surface area contributed by atoms with E-state index in [4.69, 9.17) is 0 Å². The van der Waals surface area contributed by atoms with Crippen molar-refractivity contribution in [3.05, 3.63) is 24.3 Å². The van der Waals surface area contributed by atoms with E-state index in [1.807, 2.05) is 18.5 Å². The normalized spacial score (nSPS) is 21.6. The number of aliphatic hydroxyl groups excluding tert-OH is 1. The van der Waals surface area contributed by atoms with Gasteiger partial charge in [-0.25, -0.2) is 4.98 Å². The lowest BCUT2D eigenvalue weighted by atomic mass is 10.1. The second-order valence-electron chi connectivity index (χ2n) is 4.45. The number of aromatic nitrogens is 2. The minimum Gasteiger partial charge on any atom is -0.389 e. The number of aliphatic hydroxyl groups is 1.